The summed E-state index contributed by atoms with van der Waals surface area (Å²) in [5, 5.41) is 3.26. The molecule has 1 heterocycles. The number of anilines is 1. The second kappa shape index (κ2) is 10.3. The van der Waals surface area contributed by atoms with E-state index in [-0.39, 0.29) is 11.9 Å². The topological polar surface area (TPSA) is 58.4 Å². The van der Waals surface area contributed by atoms with E-state index in [1.165, 1.54) is 11.1 Å². The van der Waals surface area contributed by atoms with Crippen molar-refractivity contribution in [3.05, 3.63) is 29.3 Å². The first kappa shape index (κ1) is 19.5. The molecule has 1 aromatic carbocycles. The number of aryl methyl sites for hydroxylation is 2. The Balaban J connectivity index is 0.00000127. The fourth-order valence-electron chi connectivity index (χ4n) is 2.92. The molecule has 1 unspecified atom stereocenters. The quantitative estimate of drug-likeness (QED) is 0.875. The van der Waals surface area contributed by atoms with Crippen molar-refractivity contribution in [2.24, 2.45) is 5.73 Å². The molecule has 1 fully saturated rings. The predicted molar refractivity (Wildman–Crippen MR) is 98.8 cm³/mol. The zero-order valence-electron chi connectivity index (χ0n) is 15.2. The molecule has 1 saturated heterocycles. The van der Waals surface area contributed by atoms with Crippen LogP contribution in [0.25, 0.3) is 0 Å². The molecule has 3 N–H and O–H groups in total. The molecule has 4 heteroatoms. The van der Waals surface area contributed by atoms with Gasteiger partial charge in [0.15, 0.2) is 0 Å². The molecule has 1 aliphatic heterocycles. The van der Waals surface area contributed by atoms with E-state index < -0.39 is 0 Å². The Labute approximate surface area is 141 Å². The Kier molecular flexibility index (Phi) is 8.70. The van der Waals surface area contributed by atoms with Gasteiger partial charge in [-0.1, -0.05) is 33.3 Å². The van der Waals surface area contributed by atoms with Gasteiger partial charge < -0.3 is 16.0 Å². The third kappa shape index (κ3) is 6.61. The normalized spacial score (nSPS) is 17.3. The minimum absolute atomic E-state index is 0.137. The Hall–Kier alpha value is -1.55. The molecule has 4 nitrogen and oxygen atoms in total. The third-order valence-electron chi connectivity index (χ3n) is 3.93. The van der Waals surface area contributed by atoms with E-state index >= 15 is 0 Å². The zero-order chi connectivity index (χ0) is 17.2. The molecule has 0 bridgehead atoms. The highest BCUT2D eigenvalue weighted by molar-refractivity contribution is 5.81. The minimum atomic E-state index is 0.137. The highest BCUT2D eigenvalue weighted by atomic mass is 16.2. The maximum absolute atomic E-state index is 12.2. The molecular weight excluding hydrogens is 286 g/mol. The number of nitrogens with zero attached hydrogens (tertiary/aromatic N) is 1. The number of hydrogen-bond donors (Lipinski definition) is 2. The summed E-state index contributed by atoms with van der Waals surface area (Å²) < 4.78 is 0. The van der Waals surface area contributed by atoms with E-state index in [1.807, 2.05) is 18.7 Å². The van der Waals surface area contributed by atoms with Crippen LogP contribution in [0.2, 0.25) is 0 Å². The van der Waals surface area contributed by atoms with E-state index in [0.717, 1.165) is 37.9 Å². The lowest BCUT2D eigenvalue weighted by Crippen LogP contribution is -2.47. The van der Waals surface area contributed by atoms with Gasteiger partial charge in [-0.15, -0.1) is 0 Å². The number of likely N-dealkylation sites (tertiary alicyclic amines) is 1. The monoisotopic (exact) mass is 319 g/mol. The van der Waals surface area contributed by atoms with Crippen LogP contribution in [0.3, 0.4) is 0 Å². The van der Waals surface area contributed by atoms with Gasteiger partial charge in [0, 0.05) is 24.8 Å². The Morgan fingerprint density at radius 2 is 2.09 bits per heavy atom. The van der Waals surface area contributed by atoms with E-state index in [1.54, 1.807) is 0 Å². The van der Waals surface area contributed by atoms with Crippen molar-refractivity contribution < 1.29 is 4.79 Å². The van der Waals surface area contributed by atoms with Crippen molar-refractivity contribution in [1.82, 2.24) is 4.90 Å². The summed E-state index contributed by atoms with van der Waals surface area (Å²) in [6.45, 7) is 10.1. The van der Waals surface area contributed by atoms with E-state index in [9.17, 15) is 4.79 Å². The van der Waals surface area contributed by atoms with Crippen LogP contribution in [-0.2, 0) is 11.2 Å². The van der Waals surface area contributed by atoms with Crippen LogP contribution in [0.15, 0.2) is 18.2 Å². The van der Waals surface area contributed by atoms with Crippen molar-refractivity contribution in [3.63, 3.8) is 0 Å². The third-order valence-corrected chi connectivity index (χ3v) is 3.93. The number of amides is 1. The highest BCUT2D eigenvalue weighted by Gasteiger charge is 2.20. The molecule has 0 spiro atoms. The summed E-state index contributed by atoms with van der Waals surface area (Å²) in [6.07, 6.45) is 4.24. The van der Waals surface area contributed by atoms with Crippen molar-refractivity contribution in [2.75, 3.05) is 25.0 Å². The fourth-order valence-corrected chi connectivity index (χ4v) is 2.92. The van der Waals surface area contributed by atoms with Crippen LogP contribution < -0.4 is 11.1 Å². The number of nitrogens with one attached hydrogen (secondary N) is 1. The van der Waals surface area contributed by atoms with Gasteiger partial charge in [0.25, 0.3) is 0 Å². The summed E-state index contributed by atoms with van der Waals surface area (Å²) in [4.78, 5) is 14.1. The van der Waals surface area contributed by atoms with Gasteiger partial charge in [-0.05, 0) is 49.4 Å². The number of carbonyl (C=O) groups is 1. The SMILES string of the molecule is CC.CCCc1cc(C)cc(NCC(=O)N2CCCC(N)C2)c1. The Bertz CT molecular complexity index is 488. The van der Waals surface area contributed by atoms with E-state index in [2.05, 4.69) is 37.4 Å². The van der Waals surface area contributed by atoms with E-state index in [4.69, 9.17) is 5.73 Å². The highest BCUT2D eigenvalue weighted by Crippen LogP contribution is 2.16. The van der Waals surface area contributed by atoms with Crippen molar-refractivity contribution >= 4 is 11.6 Å². The van der Waals surface area contributed by atoms with Crippen LogP contribution in [0.1, 0.15) is 51.2 Å². The second-order valence-corrected chi connectivity index (χ2v) is 6.05. The van der Waals surface area contributed by atoms with Gasteiger partial charge in [-0.3, -0.25) is 4.79 Å². The summed E-state index contributed by atoms with van der Waals surface area (Å²) in [6, 6.07) is 6.58. The van der Waals surface area contributed by atoms with Crippen molar-refractivity contribution in [3.8, 4) is 0 Å². The van der Waals surface area contributed by atoms with Gasteiger partial charge in [0.1, 0.15) is 0 Å². The lowest BCUT2D eigenvalue weighted by Gasteiger charge is -2.31. The summed E-state index contributed by atoms with van der Waals surface area (Å²) in [5.41, 5.74) is 9.52. The van der Waals surface area contributed by atoms with Gasteiger partial charge in [0.05, 0.1) is 6.54 Å². The van der Waals surface area contributed by atoms with Crippen LogP contribution in [-0.4, -0.2) is 36.5 Å². The van der Waals surface area contributed by atoms with Crippen molar-refractivity contribution in [2.45, 2.75) is 59.4 Å². The molecule has 1 amide bonds. The number of benzene rings is 1. The first-order valence-corrected chi connectivity index (χ1v) is 8.96. The van der Waals surface area contributed by atoms with Gasteiger partial charge >= 0.3 is 0 Å². The first-order chi connectivity index (χ1) is 11.1. The molecular formula is C19H33N3O. The van der Waals surface area contributed by atoms with Crippen LogP contribution in [0, 0.1) is 6.92 Å². The maximum Gasteiger partial charge on any atom is 0.241 e. The average Bonchev–Trinajstić information content (AvgIpc) is 2.54. The Morgan fingerprint density at radius 1 is 1.35 bits per heavy atom. The van der Waals surface area contributed by atoms with E-state index in [0.29, 0.717) is 13.1 Å². The van der Waals surface area contributed by atoms with Crippen molar-refractivity contribution in [1.29, 1.82) is 0 Å². The number of nitrogens with two attached hydrogens (primary N) is 1. The Morgan fingerprint density at radius 3 is 2.74 bits per heavy atom. The molecule has 2 rings (SSSR count). The molecule has 0 aromatic heterocycles. The van der Waals surface area contributed by atoms with Gasteiger partial charge in [-0.2, -0.15) is 0 Å². The minimum Gasteiger partial charge on any atom is -0.376 e. The molecule has 1 atom stereocenters. The van der Waals surface area contributed by atoms with Gasteiger partial charge in [-0.25, -0.2) is 0 Å². The standard InChI is InChI=1S/C17H27N3O.C2H6/c1-3-5-14-8-13(2)9-16(10-14)19-11-17(21)20-7-4-6-15(18)12-20;1-2/h8-10,15,19H,3-7,11-12,18H2,1-2H3;1-2H3. The molecule has 0 radical (unpaired) electrons. The molecule has 1 aromatic rings. The zero-order valence-corrected chi connectivity index (χ0v) is 15.2. The lowest BCUT2D eigenvalue weighted by molar-refractivity contribution is -0.130. The first-order valence-electron chi connectivity index (χ1n) is 8.96. The summed E-state index contributed by atoms with van der Waals surface area (Å²) in [5.74, 6) is 0.142. The van der Waals surface area contributed by atoms with Gasteiger partial charge in [0.2, 0.25) is 5.91 Å². The molecule has 1 aliphatic rings. The smallest absolute Gasteiger partial charge is 0.241 e. The number of piperidine rings is 1. The summed E-state index contributed by atoms with van der Waals surface area (Å²) in [7, 11) is 0. The van der Waals surface area contributed by atoms with Crippen LogP contribution >= 0.6 is 0 Å². The predicted octanol–water partition coefficient (Wildman–Crippen LogP) is 3.34. The maximum atomic E-state index is 12.2. The van der Waals surface area contributed by atoms with Crippen LogP contribution in [0.5, 0.6) is 0 Å². The van der Waals surface area contributed by atoms with Crippen LogP contribution in [0.4, 0.5) is 5.69 Å². The second-order valence-electron chi connectivity index (χ2n) is 6.05. The molecule has 0 aliphatic carbocycles. The fraction of sp³-hybridized carbons (Fsp3) is 0.632. The average molecular weight is 319 g/mol. The molecule has 0 saturated carbocycles. The largest absolute Gasteiger partial charge is 0.376 e. The molecule has 130 valence electrons. The number of carbonyl (C=O) groups excluding carboxylic acids is 1. The lowest BCUT2D eigenvalue weighted by atomic mass is 10.1. The summed E-state index contributed by atoms with van der Waals surface area (Å²) >= 11 is 0. The number of rotatable bonds is 5. The molecule has 23 heavy (non-hydrogen) atoms. The number of hydrogen-bond acceptors (Lipinski definition) is 3.